The van der Waals surface area contributed by atoms with Crippen molar-refractivity contribution in [2.24, 2.45) is 0 Å². The normalized spacial score (nSPS) is 16.3. The molecule has 0 aliphatic carbocycles. The first-order valence-corrected chi connectivity index (χ1v) is 9.65. The fourth-order valence-electron chi connectivity index (χ4n) is 3.17. The van der Waals surface area contributed by atoms with Crippen LogP contribution in [0.2, 0.25) is 0 Å². The van der Waals surface area contributed by atoms with Gasteiger partial charge in [-0.1, -0.05) is 0 Å². The van der Waals surface area contributed by atoms with Gasteiger partial charge in [0.25, 0.3) is 11.4 Å². The van der Waals surface area contributed by atoms with Crippen molar-refractivity contribution < 1.29 is 24.2 Å². The number of piperidine rings is 1. The SMILES string of the molecule is CCOC(=O)N1C/C(=C/c2ccc([N+](=O)[O-])cc2)C(=O)/C(=C/c2ccc([N+](=O)[O-])cc2)C1. The number of likely N-dealkylation sites (tertiary alicyclic amines) is 1. The van der Waals surface area contributed by atoms with Gasteiger partial charge >= 0.3 is 6.09 Å². The van der Waals surface area contributed by atoms with Crippen LogP contribution in [-0.2, 0) is 9.53 Å². The van der Waals surface area contributed by atoms with Crippen molar-refractivity contribution in [3.05, 3.63) is 91.0 Å². The lowest BCUT2D eigenvalue weighted by atomic mass is 9.94. The zero-order chi connectivity index (χ0) is 23.3. The molecule has 0 atom stereocenters. The van der Waals surface area contributed by atoms with Crippen molar-refractivity contribution in [3.63, 3.8) is 0 Å². The molecule has 2 aromatic carbocycles. The number of amides is 1. The van der Waals surface area contributed by atoms with Crippen molar-refractivity contribution in [2.45, 2.75) is 6.92 Å². The Labute approximate surface area is 182 Å². The number of carbonyl (C=O) groups is 2. The quantitative estimate of drug-likeness (QED) is 0.392. The summed E-state index contributed by atoms with van der Waals surface area (Å²) in [6, 6.07) is 11.4. The maximum absolute atomic E-state index is 13.1. The van der Waals surface area contributed by atoms with E-state index in [9.17, 15) is 29.8 Å². The van der Waals surface area contributed by atoms with E-state index in [4.69, 9.17) is 4.74 Å². The van der Waals surface area contributed by atoms with Crippen LogP contribution >= 0.6 is 0 Å². The van der Waals surface area contributed by atoms with E-state index in [1.807, 2.05) is 0 Å². The molecule has 10 nitrogen and oxygen atoms in total. The van der Waals surface area contributed by atoms with Crippen molar-refractivity contribution in [3.8, 4) is 0 Å². The minimum Gasteiger partial charge on any atom is -0.450 e. The molecule has 0 radical (unpaired) electrons. The highest BCUT2D eigenvalue weighted by Crippen LogP contribution is 2.24. The monoisotopic (exact) mass is 437 g/mol. The summed E-state index contributed by atoms with van der Waals surface area (Å²) in [6.45, 7) is 1.89. The van der Waals surface area contributed by atoms with Gasteiger partial charge in [-0.2, -0.15) is 0 Å². The Morgan fingerprint density at radius 3 is 1.66 bits per heavy atom. The molecule has 0 N–H and O–H groups in total. The predicted molar refractivity (Wildman–Crippen MR) is 116 cm³/mol. The Balaban J connectivity index is 1.95. The highest BCUT2D eigenvalue weighted by Gasteiger charge is 2.30. The van der Waals surface area contributed by atoms with E-state index >= 15 is 0 Å². The number of rotatable bonds is 5. The number of Topliss-reactive ketones (excluding diaryl/α,β-unsaturated/α-hetero) is 1. The van der Waals surface area contributed by atoms with E-state index < -0.39 is 15.9 Å². The van der Waals surface area contributed by atoms with E-state index in [1.165, 1.54) is 53.4 Å². The third-order valence-electron chi connectivity index (χ3n) is 4.72. The van der Waals surface area contributed by atoms with Gasteiger partial charge in [0.2, 0.25) is 0 Å². The van der Waals surface area contributed by atoms with Crippen LogP contribution < -0.4 is 0 Å². The fourth-order valence-corrected chi connectivity index (χ4v) is 3.17. The average molecular weight is 437 g/mol. The lowest BCUT2D eigenvalue weighted by Crippen LogP contribution is -2.41. The first-order valence-electron chi connectivity index (χ1n) is 9.65. The molecular weight excluding hydrogens is 418 g/mol. The van der Waals surface area contributed by atoms with Gasteiger partial charge in [-0.05, 0) is 54.5 Å². The summed E-state index contributed by atoms with van der Waals surface area (Å²) in [6.07, 6.45) is 2.56. The molecule has 1 fully saturated rings. The third-order valence-corrected chi connectivity index (χ3v) is 4.72. The lowest BCUT2D eigenvalue weighted by Gasteiger charge is -2.29. The molecule has 0 unspecified atom stereocenters. The van der Waals surface area contributed by atoms with Crippen molar-refractivity contribution in [2.75, 3.05) is 19.7 Å². The molecule has 0 saturated carbocycles. The van der Waals surface area contributed by atoms with Crippen LogP contribution in [-0.4, -0.2) is 46.3 Å². The second-order valence-electron chi connectivity index (χ2n) is 6.92. The van der Waals surface area contributed by atoms with Gasteiger partial charge in [0.05, 0.1) is 29.5 Å². The van der Waals surface area contributed by atoms with Crippen LogP contribution in [0.15, 0.2) is 59.7 Å². The maximum Gasteiger partial charge on any atom is 0.410 e. The van der Waals surface area contributed by atoms with E-state index in [0.29, 0.717) is 22.3 Å². The Hall–Kier alpha value is -4.34. The summed E-state index contributed by atoms with van der Waals surface area (Å²) in [7, 11) is 0. The lowest BCUT2D eigenvalue weighted by molar-refractivity contribution is -0.385. The van der Waals surface area contributed by atoms with Gasteiger partial charge in [-0.3, -0.25) is 29.9 Å². The molecule has 10 heteroatoms. The van der Waals surface area contributed by atoms with Crippen molar-refractivity contribution in [1.29, 1.82) is 0 Å². The van der Waals surface area contributed by atoms with Crippen LogP contribution in [0.25, 0.3) is 12.2 Å². The predicted octanol–water partition coefficient (Wildman–Crippen LogP) is 4.01. The molecule has 32 heavy (non-hydrogen) atoms. The van der Waals surface area contributed by atoms with E-state index in [1.54, 1.807) is 19.1 Å². The summed E-state index contributed by atoms with van der Waals surface area (Å²) in [5.74, 6) is -0.290. The van der Waals surface area contributed by atoms with E-state index in [0.717, 1.165) is 0 Å². The molecule has 1 aliphatic heterocycles. The minimum atomic E-state index is -0.579. The summed E-state index contributed by atoms with van der Waals surface area (Å²) in [5, 5.41) is 21.7. The molecule has 2 aromatic rings. The van der Waals surface area contributed by atoms with Gasteiger partial charge in [0.15, 0.2) is 5.78 Å². The van der Waals surface area contributed by atoms with E-state index in [-0.39, 0.29) is 36.9 Å². The second-order valence-corrected chi connectivity index (χ2v) is 6.92. The molecule has 1 aliphatic rings. The number of non-ortho nitro benzene ring substituents is 2. The Morgan fingerprint density at radius 2 is 1.31 bits per heavy atom. The molecule has 0 bridgehead atoms. The number of hydrogen-bond acceptors (Lipinski definition) is 7. The molecular formula is C22H19N3O7. The summed E-state index contributed by atoms with van der Waals surface area (Å²) in [4.78, 5) is 47.4. The Morgan fingerprint density at radius 1 is 0.906 bits per heavy atom. The Kier molecular flexibility index (Phi) is 6.74. The Bertz CT molecular complexity index is 1040. The molecule has 1 amide bonds. The maximum atomic E-state index is 13.1. The summed E-state index contributed by atoms with van der Waals surface area (Å²) in [5.41, 5.74) is 1.61. The highest BCUT2D eigenvalue weighted by atomic mass is 16.6. The van der Waals surface area contributed by atoms with Crippen molar-refractivity contribution in [1.82, 2.24) is 4.90 Å². The van der Waals surface area contributed by atoms with E-state index in [2.05, 4.69) is 0 Å². The van der Waals surface area contributed by atoms with Gasteiger partial charge in [0.1, 0.15) is 0 Å². The number of ketones is 1. The molecule has 0 aromatic heterocycles. The van der Waals surface area contributed by atoms with Crippen LogP contribution in [0.1, 0.15) is 18.1 Å². The number of benzene rings is 2. The smallest absolute Gasteiger partial charge is 0.410 e. The first-order chi connectivity index (χ1) is 15.3. The largest absolute Gasteiger partial charge is 0.450 e. The number of hydrogen-bond donors (Lipinski definition) is 0. The molecule has 3 rings (SSSR count). The van der Waals surface area contributed by atoms with Crippen LogP contribution in [0, 0.1) is 20.2 Å². The third kappa shape index (κ3) is 5.22. The van der Waals surface area contributed by atoms with Crippen LogP contribution in [0.4, 0.5) is 16.2 Å². The first kappa shape index (κ1) is 22.3. The van der Waals surface area contributed by atoms with Crippen molar-refractivity contribution >= 4 is 35.4 Å². The molecule has 1 saturated heterocycles. The zero-order valence-electron chi connectivity index (χ0n) is 17.1. The summed E-state index contributed by atoms with van der Waals surface area (Å²) < 4.78 is 5.07. The molecule has 0 spiro atoms. The van der Waals surface area contributed by atoms with Gasteiger partial charge in [0, 0.05) is 35.4 Å². The van der Waals surface area contributed by atoms with Gasteiger partial charge in [-0.15, -0.1) is 0 Å². The van der Waals surface area contributed by atoms with Gasteiger partial charge < -0.3 is 4.74 Å². The molecule has 1 heterocycles. The zero-order valence-corrected chi connectivity index (χ0v) is 17.1. The van der Waals surface area contributed by atoms with Gasteiger partial charge in [-0.25, -0.2) is 4.79 Å². The second kappa shape index (κ2) is 9.65. The van der Waals surface area contributed by atoms with Crippen LogP contribution in [0.5, 0.6) is 0 Å². The number of carbonyl (C=O) groups excluding carboxylic acids is 2. The number of ether oxygens (including phenoxy) is 1. The fraction of sp³-hybridized carbons (Fsp3) is 0.182. The minimum absolute atomic E-state index is 0.0201. The average Bonchev–Trinajstić information content (AvgIpc) is 2.77. The standard InChI is InChI=1S/C22H19N3O7/c1-2-32-22(27)23-13-17(11-15-3-7-19(8-4-15)24(28)29)21(26)18(14-23)12-16-5-9-20(10-6-16)25(30)31/h3-12H,2,13-14H2,1H3/b17-11-,18-12+. The molecule has 164 valence electrons. The topological polar surface area (TPSA) is 133 Å². The number of nitro groups is 2. The summed E-state index contributed by atoms with van der Waals surface area (Å²) >= 11 is 0. The van der Waals surface area contributed by atoms with Crippen LogP contribution in [0.3, 0.4) is 0 Å². The number of nitrogens with zero attached hydrogens (tertiary/aromatic N) is 3. The highest BCUT2D eigenvalue weighted by molar-refractivity contribution is 6.15. The number of nitro benzene ring substituents is 2.